The Morgan fingerprint density at radius 2 is 2.10 bits per heavy atom. The van der Waals surface area contributed by atoms with Crippen molar-refractivity contribution in [2.24, 2.45) is 0 Å². The van der Waals surface area contributed by atoms with Crippen LogP contribution in [0.2, 0.25) is 0 Å². The van der Waals surface area contributed by atoms with Crippen molar-refractivity contribution in [3.8, 4) is 11.5 Å². The number of likely N-dealkylation sites (tertiary alicyclic amines) is 1. The van der Waals surface area contributed by atoms with E-state index in [1.165, 1.54) is 11.3 Å². The van der Waals surface area contributed by atoms with Crippen LogP contribution in [0.3, 0.4) is 0 Å². The second-order valence-electron chi connectivity index (χ2n) is 7.83. The van der Waals surface area contributed by atoms with E-state index in [1.54, 1.807) is 12.0 Å². The van der Waals surface area contributed by atoms with Crippen molar-refractivity contribution in [1.82, 2.24) is 10.2 Å². The standard InChI is InChI=1S/C24H32N2O4S/c1-4-5-14-30-20-12-11-18(16-21(20)29-3)17(2)25-23(27)19-9-6-7-13-26(19)24(28)22-10-8-15-31-22/h8,10-12,15-17,19H,4-7,9,13-14H2,1-3H3,(H,25,27). The SMILES string of the molecule is CCCCOc1ccc(C(C)NC(=O)C2CCCCN2C(=O)c2cccs2)cc1OC. The van der Waals surface area contributed by atoms with Crippen LogP contribution in [0.4, 0.5) is 0 Å². The summed E-state index contributed by atoms with van der Waals surface area (Å²) in [6, 6.07) is 8.76. The van der Waals surface area contributed by atoms with E-state index in [1.807, 2.05) is 42.6 Å². The van der Waals surface area contributed by atoms with Gasteiger partial charge >= 0.3 is 0 Å². The van der Waals surface area contributed by atoms with Crippen LogP contribution in [0.25, 0.3) is 0 Å². The number of hydrogen-bond donors (Lipinski definition) is 1. The summed E-state index contributed by atoms with van der Waals surface area (Å²) in [5.74, 6) is 1.19. The highest BCUT2D eigenvalue weighted by Gasteiger charge is 2.33. The minimum atomic E-state index is -0.440. The van der Waals surface area contributed by atoms with Crippen LogP contribution in [0.1, 0.15) is 67.2 Å². The number of carbonyl (C=O) groups excluding carboxylic acids is 2. The first-order valence-electron chi connectivity index (χ1n) is 11.0. The van der Waals surface area contributed by atoms with Gasteiger partial charge in [0.1, 0.15) is 6.04 Å². The van der Waals surface area contributed by atoms with E-state index in [-0.39, 0.29) is 17.9 Å². The smallest absolute Gasteiger partial charge is 0.264 e. The average molecular weight is 445 g/mol. The van der Waals surface area contributed by atoms with E-state index >= 15 is 0 Å². The van der Waals surface area contributed by atoms with Gasteiger partial charge in [-0.2, -0.15) is 0 Å². The highest BCUT2D eigenvalue weighted by atomic mass is 32.1. The third kappa shape index (κ3) is 5.79. The predicted octanol–water partition coefficient (Wildman–Crippen LogP) is 4.81. The number of thiophene rings is 1. The van der Waals surface area contributed by atoms with E-state index in [9.17, 15) is 9.59 Å². The van der Waals surface area contributed by atoms with Crippen LogP contribution in [0.15, 0.2) is 35.7 Å². The fraction of sp³-hybridized carbons (Fsp3) is 0.500. The van der Waals surface area contributed by atoms with Crippen molar-refractivity contribution in [1.29, 1.82) is 0 Å². The molecule has 2 atom stereocenters. The highest BCUT2D eigenvalue weighted by molar-refractivity contribution is 7.12. The van der Waals surface area contributed by atoms with Crippen LogP contribution in [0, 0.1) is 0 Å². The van der Waals surface area contributed by atoms with Gasteiger partial charge in [0.15, 0.2) is 11.5 Å². The number of ether oxygens (including phenoxy) is 2. The molecule has 0 saturated carbocycles. The largest absolute Gasteiger partial charge is 0.493 e. The van der Waals surface area contributed by atoms with Crippen LogP contribution in [-0.2, 0) is 4.79 Å². The summed E-state index contributed by atoms with van der Waals surface area (Å²) in [5, 5.41) is 4.98. The molecule has 0 radical (unpaired) electrons. The number of rotatable bonds is 9. The summed E-state index contributed by atoms with van der Waals surface area (Å²) in [7, 11) is 1.62. The van der Waals surface area contributed by atoms with Gasteiger partial charge in [-0.3, -0.25) is 9.59 Å². The van der Waals surface area contributed by atoms with Gasteiger partial charge in [-0.05, 0) is 61.7 Å². The minimum absolute atomic E-state index is 0.0576. The molecule has 168 valence electrons. The van der Waals surface area contributed by atoms with Gasteiger partial charge in [0, 0.05) is 6.54 Å². The van der Waals surface area contributed by atoms with Crippen LogP contribution in [-0.4, -0.2) is 43.0 Å². The highest BCUT2D eigenvalue weighted by Crippen LogP contribution is 2.31. The second kappa shape index (κ2) is 11.2. The van der Waals surface area contributed by atoms with Crippen molar-refractivity contribution >= 4 is 23.2 Å². The Morgan fingerprint density at radius 1 is 1.26 bits per heavy atom. The fourth-order valence-electron chi connectivity index (χ4n) is 3.78. The summed E-state index contributed by atoms with van der Waals surface area (Å²) < 4.78 is 11.3. The zero-order chi connectivity index (χ0) is 22.2. The third-order valence-electron chi connectivity index (χ3n) is 5.60. The lowest BCUT2D eigenvalue weighted by atomic mass is 10.00. The molecular formula is C24H32N2O4S. The van der Waals surface area contributed by atoms with E-state index in [2.05, 4.69) is 12.2 Å². The number of nitrogens with one attached hydrogen (secondary N) is 1. The first kappa shape index (κ1) is 23.1. The monoisotopic (exact) mass is 444 g/mol. The van der Waals surface area contributed by atoms with Gasteiger partial charge in [-0.25, -0.2) is 0 Å². The molecule has 7 heteroatoms. The van der Waals surface area contributed by atoms with Crippen molar-refractivity contribution in [2.75, 3.05) is 20.3 Å². The maximum Gasteiger partial charge on any atom is 0.264 e. The first-order chi connectivity index (χ1) is 15.0. The molecule has 1 fully saturated rings. The molecule has 6 nitrogen and oxygen atoms in total. The molecule has 3 rings (SSSR count). The van der Waals surface area contributed by atoms with E-state index in [0.717, 1.165) is 31.2 Å². The maximum absolute atomic E-state index is 13.1. The summed E-state index contributed by atoms with van der Waals surface area (Å²) >= 11 is 1.41. The van der Waals surface area contributed by atoms with E-state index in [0.29, 0.717) is 35.9 Å². The minimum Gasteiger partial charge on any atom is -0.493 e. The van der Waals surface area contributed by atoms with Gasteiger partial charge in [-0.15, -0.1) is 11.3 Å². The van der Waals surface area contributed by atoms with Crippen LogP contribution in [0.5, 0.6) is 11.5 Å². The fourth-order valence-corrected chi connectivity index (χ4v) is 4.46. The van der Waals surface area contributed by atoms with Crippen molar-refractivity contribution in [2.45, 2.75) is 58.0 Å². The molecule has 1 aromatic carbocycles. The summed E-state index contributed by atoms with van der Waals surface area (Å²) in [6.45, 7) is 5.32. The second-order valence-corrected chi connectivity index (χ2v) is 8.78. The van der Waals surface area contributed by atoms with Crippen LogP contribution < -0.4 is 14.8 Å². The molecule has 0 spiro atoms. The number of unbranched alkanes of at least 4 members (excludes halogenated alkanes) is 1. The van der Waals surface area contributed by atoms with Gasteiger partial charge in [0.05, 0.1) is 24.6 Å². The zero-order valence-electron chi connectivity index (χ0n) is 18.6. The Labute approximate surface area is 188 Å². The van der Waals surface area contributed by atoms with Gasteiger partial charge in [-0.1, -0.05) is 25.5 Å². The Morgan fingerprint density at radius 3 is 2.81 bits per heavy atom. The quantitative estimate of drug-likeness (QED) is 0.564. The maximum atomic E-state index is 13.1. The molecule has 2 aromatic rings. The topological polar surface area (TPSA) is 67.9 Å². The first-order valence-corrected chi connectivity index (χ1v) is 11.9. The number of hydrogen-bond acceptors (Lipinski definition) is 5. The zero-order valence-corrected chi connectivity index (χ0v) is 19.4. The van der Waals surface area contributed by atoms with E-state index < -0.39 is 6.04 Å². The molecule has 0 bridgehead atoms. The lowest BCUT2D eigenvalue weighted by Gasteiger charge is -2.35. The van der Waals surface area contributed by atoms with Crippen molar-refractivity contribution in [3.05, 3.63) is 46.2 Å². The number of methoxy groups -OCH3 is 1. The number of amides is 2. The Hall–Kier alpha value is -2.54. The lowest BCUT2D eigenvalue weighted by Crippen LogP contribution is -2.52. The number of benzene rings is 1. The van der Waals surface area contributed by atoms with Gasteiger partial charge in [0.25, 0.3) is 5.91 Å². The molecule has 2 amide bonds. The summed E-state index contributed by atoms with van der Waals surface area (Å²) in [4.78, 5) is 28.4. The average Bonchev–Trinajstić information content (AvgIpc) is 3.33. The third-order valence-corrected chi connectivity index (χ3v) is 6.46. The van der Waals surface area contributed by atoms with Gasteiger partial charge in [0.2, 0.25) is 5.91 Å². The molecule has 2 heterocycles. The Balaban J connectivity index is 1.67. The Kier molecular flexibility index (Phi) is 8.35. The number of carbonyl (C=O) groups is 2. The molecular weight excluding hydrogens is 412 g/mol. The predicted molar refractivity (Wildman–Crippen MR) is 123 cm³/mol. The summed E-state index contributed by atoms with van der Waals surface area (Å²) in [6.07, 6.45) is 4.60. The van der Waals surface area contributed by atoms with Crippen molar-refractivity contribution in [3.63, 3.8) is 0 Å². The molecule has 1 aliphatic heterocycles. The molecule has 1 N–H and O–H groups in total. The molecule has 31 heavy (non-hydrogen) atoms. The lowest BCUT2D eigenvalue weighted by molar-refractivity contribution is -0.127. The molecule has 2 unspecified atom stereocenters. The normalized spacial score (nSPS) is 17.1. The van der Waals surface area contributed by atoms with Gasteiger partial charge < -0.3 is 19.7 Å². The molecule has 0 aliphatic carbocycles. The molecule has 1 aliphatic rings. The summed E-state index contributed by atoms with van der Waals surface area (Å²) in [5.41, 5.74) is 0.931. The number of piperidine rings is 1. The Bertz CT molecular complexity index is 868. The molecule has 1 aromatic heterocycles. The van der Waals surface area contributed by atoms with Crippen LogP contribution >= 0.6 is 11.3 Å². The number of nitrogens with zero attached hydrogens (tertiary/aromatic N) is 1. The van der Waals surface area contributed by atoms with E-state index in [4.69, 9.17) is 9.47 Å². The molecule has 1 saturated heterocycles. The van der Waals surface area contributed by atoms with Crippen molar-refractivity contribution < 1.29 is 19.1 Å².